The van der Waals surface area contributed by atoms with Crippen molar-refractivity contribution >= 4 is 5.91 Å². The third-order valence-electron chi connectivity index (χ3n) is 5.71. The van der Waals surface area contributed by atoms with Crippen molar-refractivity contribution in [2.24, 2.45) is 17.6 Å². The largest absolute Gasteiger partial charge is 0.387 e. The molecule has 2 saturated heterocycles. The van der Waals surface area contributed by atoms with Crippen molar-refractivity contribution in [2.75, 3.05) is 26.8 Å². The van der Waals surface area contributed by atoms with Gasteiger partial charge in [0.2, 0.25) is 11.7 Å². The average Bonchev–Trinajstić information content (AvgIpc) is 3.06. The normalized spacial score (nSPS) is 40.7. The number of nitrogens with one attached hydrogen (secondary N) is 1. The minimum absolute atomic E-state index is 0.0111. The molecule has 1 aliphatic carbocycles. The maximum atomic E-state index is 12.5. The molecular formula is C18H32N2O7. The lowest BCUT2D eigenvalue weighted by Gasteiger charge is -2.29. The Morgan fingerprint density at radius 2 is 1.96 bits per heavy atom. The molecule has 0 radical (unpaired) electrons. The summed E-state index contributed by atoms with van der Waals surface area (Å²) in [5.41, 5.74) is 5.70. The van der Waals surface area contributed by atoms with Gasteiger partial charge in [-0.15, -0.1) is 0 Å². The quantitative estimate of drug-likeness (QED) is 0.413. The highest BCUT2D eigenvalue weighted by Crippen LogP contribution is 2.45. The molecule has 2 unspecified atom stereocenters. The second-order valence-electron chi connectivity index (χ2n) is 8.13. The Bertz CT molecular complexity index is 524. The lowest BCUT2D eigenvalue weighted by atomic mass is 9.81. The van der Waals surface area contributed by atoms with Crippen molar-refractivity contribution in [3.05, 3.63) is 0 Å². The van der Waals surface area contributed by atoms with Gasteiger partial charge in [-0.2, -0.15) is 0 Å². The Morgan fingerprint density at radius 3 is 2.59 bits per heavy atom. The summed E-state index contributed by atoms with van der Waals surface area (Å²) >= 11 is 0. The van der Waals surface area contributed by atoms with Gasteiger partial charge in [-0.1, -0.05) is 0 Å². The van der Waals surface area contributed by atoms with E-state index in [1.165, 1.54) is 7.11 Å². The van der Waals surface area contributed by atoms with E-state index in [2.05, 4.69) is 10.2 Å². The van der Waals surface area contributed by atoms with E-state index in [0.29, 0.717) is 12.5 Å². The van der Waals surface area contributed by atoms with Crippen molar-refractivity contribution in [2.45, 2.75) is 69.4 Å². The lowest BCUT2D eigenvalue weighted by molar-refractivity contribution is -0.348. The molecule has 4 atom stereocenters. The van der Waals surface area contributed by atoms with Crippen LogP contribution >= 0.6 is 0 Å². The average molecular weight is 388 g/mol. The standard InChI is InChI=1S/C18H32N2O7/c1-17(2)26-15-14(21)13(25-18(15,27-17)10-24-23-3)9-20-16(22)12-6-4-11(8-19)5-7-12/h11-15,21H,4-10,19H2,1-3H3,(H,20,22)/t11?,12?,13?,14?,15-,18-/m0/s1. The molecule has 3 rings (SSSR count). The molecule has 3 fully saturated rings. The Hall–Kier alpha value is -0.810. The molecule has 9 nitrogen and oxygen atoms in total. The Balaban J connectivity index is 1.55. The monoisotopic (exact) mass is 388 g/mol. The molecule has 2 aliphatic heterocycles. The smallest absolute Gasteiger partial charge is 0.228 e. The van der Waals surface area contributed by atoms with E-state index in [1.54, 1.807) is 13.8 Å². The molecule has 156 valence electrons. The summed E-state index contributed by atoms with van der Waals surface area (Å²) in [6.45, 7) is 4.28. The third-order valence-corrected chi connectivity index (χ3v) is 5.71. The van der Waals surface area contributed by atoms with Crippen LogP contribution in [0.5, 0.6) is 0 Å². The predicted molar refractivity (Wildman–Crippen MR) is 94.1 cm³/mol. The predicted octanol–water partition coefficient (Wildman–Crippen LogP) is 0.0532. The number of aliphatic hydroxyl groups is 1. The molecule has 1 saturated carbocycles. The zero-order valence-electron chi connectivity index (χ0n) is 16.3. The first kappa shape index (κ1) is 20.9. The Kier molecular flexibility index (Phi) is 6.41. The second kappa shape index (κ2) is 8.28. The number of fused-ring (bicyclic) bond motifs is 1. The molecule has 27 heavy (non-hydrogen) atoms. The van der Waals surface area contributed by atoms with E-state index >= 15 is 0 Å². The highest BCUT2D eigenvalue weighted by atomic mass is 17.2. The molecule has 1 amide bonds. The maximum Gasteiger partial charge on any atom is 0.228 e. The number of carbonyl (C=O) groups excluding carboxylic acids is 1. The molecule has 0 bridgehead atoms. The van der Waals surface area contributed by atoms with E-state index in [0.717, 1.165) is 25.7 Å². The van der Waals surface area contributed by atoms with Gasteiger partial charge < -0.3 is 30.4 Å². The van der Waals surface area contributed by atoms with E-state index in [-0.39, 0.29) is 25.0 Å². The topological polar surface area (TPSA) is 122 Å². The molecule has 0 aromatic heterocycles. The summed E-state index contributed by atoms with van der Waals surface area (Å²) in [7, 11) is 1.38. The summed E-state index contributed by atoms with van der Waals surface area (Å²) in [4.78, 5) is 22.2. The first-order chi connectivity index (χ1) is 12.8. The molecule has 2 heterocycles. The van der Waals surface area contributed by atoms with Crippen LogP contribution in [0.1, 0.15) is 39.5 Å². The molecule has 4 N–H and O–H groups in total. The van der Waals surface area contributed by atoms with Gasteiger partial charge in [0.1, 0.15) is 24.9 Å². The minimum Gasteiger partial charge on any atom is -0.387 e. The zero-order chi connectivity index (χ0) is 19.7. The summed E-state index contributed by atoms with van der Waals surface area (Å²) in [5.74, 6) is -1.69. The highest BCUT2D eigenvalue weighted by Gasteiger charge is 2.65. The Morgan fingerprint density at radius 1 is 1.26 bits per heavy atom. The van der Waals surface area contributed by atoms with Crippen molar-refractivity contribution in [1.29, 1.82) is 0 Å². The first-order valence-corrected chi connectivity index (χ1v) is 9.67. The van der Waals surface area contributed by atoms with Gasteiger partial charge in [0.05, 0.1) is 7.11 Å². The van der Waals surface area contributed by atoms with Crippen molar-refractivity contribution in [3.8, 4) is 0 Å². The number of ether oxygens (including phenoxy) is 3. The molecule has 3 aliphatic rings. The third kappa shape index (κ3) is 4.45. The van der Waals surface area contributed by atoms with Crippen LogP contribution < -0.4 is 11.1 Å². The number of aliphatic hydroxyl groups excluding tert-OH is 1. The van der Waals surface area contributed by atoms with Crippen LogP contribution in [0.15, 0.2) is 0 Å². The second-order valence-corrected chi connectivity index (χ2v) is 8.13. The minimum atomic E-state index is -1.27. The fourth-order valence-corrected chi connectivity index (χ4v) is 4.29. The van der Waals surface area contributed by atoms with Gasteiger partial charge in [-0.25, -0.2) is 9.78 Å². The number of nitrogens with two attached hydrogens (primary N) is 1. The van der Waals surface area contributed by atoms with Gasteiger partial charge in [0.25, 0.3) is 0 Å². The van der Waals surface area contributed by atoms with Crippen LogP contribution in [0.2, 0.25) is 0 Å². The fourth-order valence-electron chi connectivity index (χ4n) is 4.29. The van der Waals surface area contributed by atoms with Gasteiger partial charge in [0.15, 0.2) is 5.79 Å². The van der Waals surface area contributed by atoms with Crippen molar-refractivity contribution < 1.29 is 33.9 Å². The number of hydrogen-bond donors (Lipinski definition) is 3. The summed E-state index contributed by atoms with van der Waals surface area (Å²) in [6, 6.07) is 0. The number of carbonyl (C=O) groups is 1. The van der Waals surface area contributed by atoms with E-state index in [1.807, 2.05) is 0 Å². The SMILES string of the molecule is COOC[C@@]12OC(CNC(=O)C3CCC(CN)CC3)C(O)[C@@H]1OC(C)(C)O2. The van der Waals surface area contributed by atoms with Gasteiger partial charge in [-0.05, 0) is 52.0 Å². The zero-order valence-corrected chi connectivity index (χ0v) is 16.3. The van der Waals surface area contributed by atoms with Gasteiger partial charge in [0, 0.05) is 12.5 Å². The van der Waals surface area contributed by atoms with Crippen molar-refractivity contribution in [3.63, 3.8) is 0 Å². The lowest BCUT2D eigenvalue weighted by Crippen LogP contribution is -2.44. The van der Waals surface area contributed by atoms with Crippen LogP contribution in [0.3, 0.4) is 0 Å². The van der Waals surface area contributed by atoms with Crippen LogP contribution in [0.25, 0.3) is 0 Å². The number of rotatable bonds is 7. The molecule has 9 heteroatoms. The number of hydrogen-bond acceptors (Lipinski definition) is 8. The molecular weight excluding hydrogens is 356 g/mol. The molecule has 0 spiro atoms. The first-order valence-electron chi connectivity index (χ1n) is 9.67. The van der Waals surface area contributed by atoms with Crippen LogP contribution in [0, 0.1) is 11.8 Å². The summed E-state index contributed by atoms with van der Waals surface area (Å²) in [6.07, 6.45) is 1.30. The summed E-state index contributed by atoms with van der Waals surface area (Å²) in [5, 5.41) is 13.6. The maximum absolute atomic E-state index is 12.5. The van der Waals surface area contributed by atoms with Crippen LogP contribution in [-0.4, -0.2) is 67.7 Å². The van der Waals surface area contributed by atoms with E-state index < -0.39 is 29.9 Å². The van der Waals surface area contributed by atoms with Gasteiger partial charge >= 0.3 is 0 Å². The Labute approximate surface area is 159 Å². The van der Waals surface area contributed by atoms with Crippen molar-refractivity contribution in [1.82, 2.24) is 5.32 Å². The van der Waals surface area contributed by atoms with E-state index in [9.17, 15) is 9.90 Å². The fraction of sp³-hybridized carbons (Fsp3) is 0.944. The van der Waals surface area contributed by atoms with Gasteiger partial charge in [-0.3, -0.25) is 4.79 Å². The summed E-state index contributed by atoms with van der Waals surface area (Å²) < 4.78 is 17.6. The van der Waals surface area contributed by atoms with Crippen LogP contribution in [0.4, 0.5) is 0 Å². The molecule has 0 aromatic carbocycles. The highest BCUT2D eigenvalue weighted by molar-refractivity contribution is 5.78. The van der Waals surface area contributed by atoms with Crippen LogP contribution in [-0.2, 0) is 28.8 Å². The number of amides is 1. The molecule has 0 aromatic rings. The van der Waals surface area contributed by atoms with E-state index in [4.69, 9.17) is 24.8 Å².